The zero-order valence-corrected chi connectivity index (χ0v) is 19.5. The number of aromatic nitrogens is 1. The average molecular weight is 476 g/mol. The second-order valence-corrected chi connectivity index (χ2v) is 9.37. The average Bonchev–Trinajstić information content (AvgIpc) is 3.28. The summed E-state index contributed by atoms with van der Waals surface area (Å²) in [5.74, 6) is 2.56. The second kappa shape index (κ2) is 8.56. The monoisotopic (exact) mass is 475 g/mol. The van der Waals surface area contributed by atoms with Crippen LogP contribution in [-0.2, 0) is 0 Å². The van der Waals surface area contributed by atoms with E-state index < -0.39 is 0 Å². The molecule has 0 radical (unpaired) electrons. The van der Waals surface area contributed by atoms with E-state index in [0.717, 1.165) is 44.6 Å². The quantitative estimate of drug-likeness (QED) is 0.542. The summed E-state index contributed by atoms with van der Waals surface area (Å²) in [4.78, 5) is 12.2. The van der Waals surface area contributed by atoms with E-state index >= 15 is 0 Å². The van der Waals surface area contributed by atoms with E-state index in [1.807, 2.05) is 50.0 Å². The van der Waals surface area contributed by atoms with Crippen molar-refractivity contribution in [2.45, 2.75) is 51.4 Å². The molecule has 1 fully saturated rings. The number of methoxy groups -OCH3 is 1. The third kappa shape index (κ3) is 3.87. The number of thioether (sulfide) groups is 1. The molecular formula is C22H26BrN3O2S. The van der Waals surface area contributed by atoms with Gasteiger partial charge in [0.25, 0.3) is 0 Å². The number of hydrogen-bond donors (Lipinski definition) is 0. The molecule has 0 bridgehead atoms. The fourth-order valence-corrected chi connectivity index (χ4v) is 5.86. The van der Waals surface area contributed by atoms with Gasteiger partial charge >= 0.3 is 0 Å². The lowest BCUT2D eigenvalue weighted by atomic mass is 9.95. The standard InChI is InChI=1S/C22H26BrN3O2S/c1-5-14-12-29-22-25-20(17-8-6-7-9-24-17)21(26(14)22)15-10-18(27-4)19(11-16(15)23)28-13(2)3/h6-11,13-14,20-21H,5,12H2,1-4H3/t14-,20+,21+/m0/s1. The molecular weight excluding hydrogens is 450 g/mol. The van der Waals surface area contributed by atoms with E-state index in [9.17, 15) is 0 Å². The van der Waals surface area contributed by atoms with Gasteiger partial charge in [0, 0.05) is 22.5 Å². The summed E-state index contributed by atoms with van der Waals surface area (Å²) < 4.78 is 12.6. The van der Waals surface area contributed by atoms with Gasteiger partial charge in [0.2, 0.25) is 0 Å². The first-order chi connectivity index (χ1) is 14.0. The minimum Gasteiger partial charge on any atom is -0.493 e. The van der Waals surface area contributed by atoms with Gasteiger partial charge in [0.05, 0.1) is 24.9 Å². The van der Waals surface area contributed by atoms with Crippen molar-refractivity contribution < 1.29 is 9.47 Å². The number of rotatable bonds is 6. The smallest absolute Gasteiger partial charge is 0.162 e. The number of fused-ring (bicyclic) bond motifs is 1. The van der Waals surface area contributed by atoms with Gasteiger partial charge in [-0.3, -0.25) is 9.98 Å². The molecule has 1 saturated heterocycles. The van der Waals surface area contributed by atoms with E-state index in [-0.39, 0.29) is 18.2 Å². The van der Waals surface area contributed by atoms with E-state index in [0.29, 0.717) is 6.04 Å². The number of nitrogens with zero attached hydrogens (tertiary/aromatic N) is 3. The van der Waals surface area contributed by atoms with Crippen molar-refractivity contribution in [3.8, 4) is 11.5 Å². The summed E-state index contributed by atoms with van der Waals surface area (Å²) in [5, 5.41) is 1.12. The normalized spacial score (nSPS) is 23.3. The third-order valence-corrected chi connectivity index (χ3v) is 7.11. The van der Waals surface area contributed by atoms with Crippen LogP contribution >= 0.6 is 27.7 Å². The summed E-state index contributed by atoms with van der Waals surface area (Å²) >= 11 is 5.66. The van der Waals surface area contributed by atoms with Crippen LogP contribution in [0.15, 0.2) is 46.0 Å². The highest BCUT2D eigenvalue weighted by atomic mass is 79.9. The summed E-state index contributed by atoms with van der Waals surface area (Å²) in [6.07, 6.45) is 3.00. The minimum absolute atomic E-state index is 0.0501. The van der Waals surface area contributed by atoms with Gasteiger partial charge < -0.3 is 14.4 Å². The number of ether oxygens (including phenoxy) is 2. The highest BCUT2D eigenvalue weighted by molar-refractivity contribution is 9.10. The molecule has 29 heavy (non-hydrogen) atoms. The summed E-state index contributed by atoms with van der Waals surface area (Å²) in [6, 6.07) is 10.6. The van der Waals surface area contributed by atoms with Crippen LogP contribution in [0.5, 0.6) is 11.5 Å². The van der Waals surface area contributed by atoms with E-state index in [1.54, 1.807) is 7.11 Å². The molecule has 154 valence electrons. The maximum atomic E-state index is 5.96. The maximum absolute atomic E-state index is 5.96. The SMILES string of the molecule is CC[C@H]1CSC2=N[C@H](c3ccccn3)[C@@H](c3cc(OC)c(OC(C)C)cc3Br)N21. The van der Waals surface area contributed by atoms with Gasteiger partial charge in [-0.25, -0.2) is 0 Å². The molecule has 4 rings (SSSR count). The first-order valence-corrected chi connectivity index (χ1v) is 11.7. The number of halogens is 1. The van der Waals surface area contributed by atoms with Crippen LogP contribution in [0, 0.1) is 0 Å². The number of benzene rings is 1. The molecule has 0 N–H and O–H groups in total. The summed E-state index contributed by atoms with van der Waals surface area (Å²) in [7, 11) is 1.69. The third-order valence-electron chi connectivity index (χ3n) is 5.29. The number of hydrogen-bond acceptors (Lipinski definition) is 6. The minimum atomic E-state index is -0.0501. The topological polar surface area (TPSA) is 47.0 Å². The molecule has 0 saturated carbocycles. The molecule has 0 spiro atoms. The van der Waals surface area contributed by atoms with Crippen molar-refractivity contribution in [1.82, 2.24) is 9.88 Å². The fraction of sp³-hybridized carbons (Fsp3) is 0.455. The Morgan fingerprint density at radius 2 is 2.10 bits per heavy atom. The van der Waals surface area contributed by atoms with E-state index in [1.165, 1.54) is 0 Å². The first-order valence-electron chi connectivity index (χ1n) is 9.97. The van der Waals surface area contributed by atoms with Crippen molar-refractivity contribution >= 4 is 32.9 Å². The predicted octanol–water partition coefficient (Wildman–Crippen LogP) is 5.62. The van der Waals surface area contributed by atoms with Crippen molar-refractivity contribution in [2.24, 2.45) is 4.99 Å². The number of pyridine rings is 1. The first kappa shape index (κ1) is 20.5. The molecule has 0 amide bonds. The molecule has 2 aliphatic rings. The molecule has 7 heteroatoms. The van der Waals surface area contributed by atoms with Crippen molar-refractivity contribution in [1.29, 1.82) is 0 Å². The molecule has 5 nitrogen and oxygen atoms in total. The maximum Gasteiger partial charge on any atom is 0.162 e. The van der Waals surface area contributed by atoms with Crippen LogP contribution in [0.3, 0.4) is 0 Å². The molecule has 3 heterocycles. The molecule has 1 aromatic heterocycles. The molecule has 3 atom stereocenters. The molecule has 0 aliphatic carbocycles. The van der Waals surface area contributed by atoms with Gasteiger partial charge in [-0.15, -0.1) is 0 Å². The predicted molar refractivity (Wildman–Crippen MR) is 122 cm³/mol. The Morgan fingerprint density at radius 1 is 1.28 bits per heavy atom. The van der Waals surface area contributed by atoms with Gasteiger partial charge in [-0.1, -0.05) is 40.7 Å². The lowest BCUT2D eigenvalue weighted by molar-refractivity contribution is 0.228. The van der Waals surface area contributed by atoms with Crippen molar-refractivity contribution in [3.05, 3.63) is 52.3 Å². The number of aliphatic imine (C=N–C) groups is 1. The Labute approximate surface area is 185 Å². The Morgan fingerprint density at radius 3 is 2.76 bits per heavy atom. The molecule has 2 aromatic rings. The molecule has 2 aliphatic heterocycles. The Bertz CT molecular complexity index is 906. The Hall–Kier alpha value is -1.73. The van der Waals surface area contributed by atoms with Gasteiger partial charge in [-0.05, 0) is 50.1 Å². The van der Waals surface area contributed by atoms with Gasteiger partial charge in [-0.2, -0.15) is 0 Å². The number of amidine groups is 1. The van der Waals surface area contributed by atoms with Gasteiger partial charge in [0.15, 0.2) is 16.7 Å². The zero-order chi connectivity index (χ0) is 20.5. The van der Waals surface area contributed by atoms with Crippen LogP contribution in [0.25, 0.3) is 0 Å². The zero-order valence-electron chi connectivity index (χ0n) is 17.1. The van der Waals surface area contributed by atoms with Crippen molar-refractivity contribution in [3.63, 3.8) is 0 Å². The Balaban J connectivity index is 1.81. The molecule has 0 unspecified atom stereocenters. The van der Waals surface area contributed by atoms with Crippen LogP contribution in [-0.4, -0.2) is 40.1 Å². The van der Waals surface area contributed by atoms with Crippen LogP contribution in [0.4, 0.5) is 0 Å². The highest BCUT2D eigenvalue weighted by Gasteiger charge is 2.46. The fourth-order valence-electron chi connectivity index (χ4n) is 3.97. The molecule has 1 aromatic carbocycles. The lowest BCUT2D eigenvalue weighted by Gasteiger charge is -2.33. The van der Waals surface area contributed by atoms with Gasteiger partial charge in [0.1, 0.15) is 6.04 Å². The van der Waals surface area contributed by atoms with E-state index in [4.69, 9.17) is 14.5 Å². The van der Waals surface area contributed by atoms with Crippen LogP contribution < -0.4 is 9.47 Å². The van der Waals surface area contributed by atoms with E-state index in [2.05, 4.69) is 44.9 Å². The van der Waals surface area contributed by atoms with Crippen LogP contribution in [0.2, 0.25) is 0 Å². The highest BCUT2D eigenvalue weighted by Crippen LogP contribution is 2.51. The lowest BCUT2D eigenvalue weighted by Crippen LogP contribution is -2.35. The second-order valence-electron chi connectivity index (χ2n) is 7.53. The van der Waals surface area contributed by atoms with Crippen molar-refractivity contribution in [2.75, 3.05) is 12.9 Å². The van der Waals surface area contributed by atoms with Crippen LogP contribution in [0.1, 0.15) is 50.5 Å². The summed E-state index contributed by atoms with van der Waals surface area (Å²) in [5.41, 5.74) is 2.14. The largest absolute Gasteiger partial charge is 0.493 e. The summed E-state index contributed by atoms with van der Waals surface area (Å²) in [6.45, 7) is 6.28. The Kier molecular flexibility index (Phi) is 6.06.